The van der Waals surface area contributed by atoms with Crippen molar-refractivity contribution in [3.8, 4) is 0 Å². The van der Waals surface area contributed by atoms with Gasteiger partial charge in [0, 0.05) is 18.2 Å². The Morgan fingerprint density at radius 3 is 2.30 bits per heavy atom. The summed E-state index contributed by atoms with van der Waals surface area (Å²) in [5.41, 5.74) is 3.59. The van der Waals surface area contributed by atoms with E-state index < -0.39 is 0 Å². The van der Waals surface area contributed by atoms with E-state index in [1.54, 1.807) is 0 Å². The Hall–Kier alpha value is -1.50. The third kappa shape index (κ3) is 4.88. The van der Waals surface area contributed by atoms with Crippen molar-refractivity contribution in [2.75, 3.05) is 7.05 Å². The Kier molecular flexibility index (Phi) is 8.71. The van der Waals surface area contributed by atoms with Gasteiger partial charge in [-0.25, -0.2) is 0 Å². The molecule has 112 valence electrons. The molecular weight excluding hydrogens is 242 g/mol. The van der Waals surface area contributed by atoms with Gasteiger partial charge in [0.05, 0.1) is 0 Å². The molecule has 0 rings (SSSR count). The Morgan fingerprint density at radius 2 is 1.90 bits per heavy atom. The van der Waals surface area contributed by atoms with E-state index in [1.165, 1.54) is 11.3 Å². The highest BCUT2D eigenvalue weighted by Crippen LogP contribution is 2.41. The minimum Gasteiger partial charge on any atom is -0.391 e. The Bertz CT molecular complexity index is 409. The normalized spacial score (nSPS) is 16.1. The van der Waals surface area contributed by atoms with Gasteiger partial charge in [0.1, 0.15) is 0 Å². The SMILES string of the molecule is C=CC(CC)(CC(=C)/C=C\C)C(/C=C\CC)=C(/C)NC. The predicted molar refractivity (Wildman–Crippen MR) is 92.7 cm³/mol. The summed E-state index contributed by atoms with van der Waals surface area (Å²) in [4.78, 5) is 0. The molecule has 0 spiro atoms. The van der Waals surface area contributed by atoms with Gasteiger partial charge in [-0.1, -0.05) is 56.4 Å². The van der Waals surface area contributed by atoms with E-state index in [-0.39, 0.29) is 5.41 Å². The maximum Gasteiger partial charge on any atom is 0.0184 e. The molecule has 0 saturated heterocycles. The number of allylic oxidation sites excluding steroid dienone is 8. The number of rotatable bonds is 9. The molecular formula is C19H31N. The molecule has 0 amide bonds. The monoisotopic (exact) mass is 273 g/mol. The van der Waals surface area contributed by atoms with E-state index in [0.717, 1.165) is 24.8 Å². The third-order valence-corrected chi connectivity index (χ3v) is 3.80. The fourth-order valence-electron chi connectivity index (χ4n) is 2.47. The van der Waals surface area contributed by atoms with Crippen molar-refractivity contribution in [2.45, 2.75) is 47.0 Å². The summed E-state index contributed by atoms with van der Waals surface area (Å²) in [5.74, 6) is 0. The zero-order chi connectivity index (χ0) is 15.6. The molecule has 20 heavy (non-hydrogen) atoms. The Morgan fingerprint density at radius 1 is 1.25 bits per heavy atom. The predicted octanol–water partition coefficient (Wildman–Crippen LogP) is 5.55. The van der Waals surface area contributed by atoms with Gasteiger partial charge in [-0.05, 0) is 38.7 Å². The Balaban J connectivity index is 5.75. The van der Waals surface area contributed by atoms with E-state index in [2.05, 4.69) is 63.5 Å². The number of hydrogen-bond acceptors (Lipinski definition) is 1. The van der Waals surface area contributed by atoms with Crippen LogP contribution in [0.15, 0.2) is 60.4 Å². The molecule has 0 heterocycles. The zero-order valence-corrected chi connectivity index (χ0v) is 13.9. The molecule has 0 bridgehead atoms. The van der Waals surface area contributed by atoms with Crippen molar-refractivity contribution in [3.63, 3.8) is 0 Å². The maximum absolute atomic E-state index is 4.17. The number of hydrogen-bond donors (Lipinski definition) is 1. The molecule has 0 aromatic carbocycles. The van der Waals surface area contributed by atoms with Gasteiger partial charge in [0.15, 0.2) is 0 Å². The smallest absolute Gasteiger partial charge is 0.0184 e. The second kappa shape index (κ2) is 9.41. The highest BCUT2D eigenvalue weighted by molar-refractivity contribution is 5.37. The van der Waals surface area contributed by atoms with Gasteiger partial charge in [-0.15, -0.1) is 6.58 Å². The van der Waals surface area contributed by atoms with Crippen LogP contribution in [0.3, 0.4) is 0 Å². The van der Waals surface area contributed by atoms with Crippen molar-refractivity contribution < 1.29 is 0 Å². The molecule has 0 aromatic rings. The molecule has 0 radical (unpaired) electrons. The first kappa shape index (κ1) is 18.5. The molecule has 0 aliphatic carbocycles. The molecule has 1 unspecified atom stereocenters. The van der Waals surface area contributed by atoms with Crippen molar-refractivity contribution in [3.05, 3.63) is 60.4 Å². The van der Waals surface area contributed by atoms with E-state index in [0.29, 0.717) is 0 Å². The van der Waals surface area contributed by atoms with Crippen molar-refractivity contribution >= 4 is 0 Å². The van der Waals surface area contributed by atoms with Crippen molar-refractivity contribution in [1.29, 1.82) is 0 Å². The summed E-state index contributed by atoms with van der Waals surface area (Å²) in [5, 5.41) is 3.29. The zero-order valence-electron chi connectivity index (χ0n) is 13.9. The standard InChI is InChI=1S/C19H31N/c1-8-12-14-18(17(6)20-7)19(10-3,11-4)15-16(5)13-9-2/h9-10,12-14,20H,3,5,8,11,15H2,1-2,4,6-7H3/b13-9-,14-12-,18-17-. The third-order valence-electron chi connectivity index (χ3n) is 3.80. The van der Waals surface area contributed by atoms with Crippen LogP contribution in [-0.4, -0.2) is 7.05 Å². The van der Waals surface area contributed by atoms with Crippen LogP contribution in [0.25, 0.3) is 0 Å². The highest BCUT2D eigenvalue weighted by Gasteiger charge is 2.29. The second-order valence-electron chi connectivity index (χ2n) is 5.15. The Labute approximate surface area is 125 Å². The summed E-state index contributed by atoms with van der Waals surface area (Å²) in [6.45, 7) is 16.8. The lowest BCUT2D eigenvalue weighted by molar-refractivity contribution is 0.446. The number of nitrogens with one attached hydrogen (secondary N) is 1. The van der Waals surface area contributed by atoms with Crippen LogP contribution in [0.1, 0.15) is 47.0 Å². The van der Waals surface area contributed by atoms with Crippen molar-refractivity contribution in [2.24, 2.45) is 5.41 Å². The summed E-state index contributed by atoms with van der Waals surface area (Å²) in [6.07, 6.45) is 13.6. The quantitative estimate of drug-likeness (QED) is 0.429. The molecule has 0 fully saturated rings. The fraction of sp³-hybridized carbons (Fsp3) is 0.474. The van der Waals surface area contributed by atoms with Crippen LogP contribution in [-0.2, 0) is 0 Å². The molecule has 0 aliphatic heterocycles. The first-order valence-electron chi connectivity index (χ1n) is 7.50. The maximum atomic E-state index is 4.17. The first-order chi connectivity index (χ1) is 9.51. The fourth-order valence-corrected chi connectivity index (χ4v) is 2.47. The van der Waals surface area contributed by atoms with Gasteiger partial charge < -0.3 is 5.32 Å². The van der Waals surface area contributed by atoms with E-state index in [1.807, 2.05) is 20.0 Å². The van der Waals surface area contributed by atoms with Crippen LogP contribution in [0.2, 0.25) is 0 Å². The van der Waals surface area contributed by atoms with E-state index in [9.17, 15) is 0 Å². The average Bonchev–Trinajstić information content (AvgIpc) is 2.46. The molecule has 1 N–H and O–H groups in total. The first-order valence-corrected chi connectivity index (χ1v) is 7.50. The van der Waals surface area contributed by atoms with Gasteiger partial charge in [-0.2, -0.15) is 0 Å². The minimum absolute atomic E-state index is 0.0602. The largest absolute Gasteiger partial charge is 0.391 e. The summed E-state index contributed by atoms with van der Waals surface area (Å²) in [6, 6.07) is 0. The lowest BCUT2D eigenvalue weighted by atomic mass is 9.72. The van der Waals surface area contributed by atoms with Crippen LogP contribution in [0.5, 0.6) is 0 Å². The lowest BCUT2D eigenvalue weighted by Crippen LogP contribution is -2.23. The van der Waals surface area contributed by atoms with Gasteiger partial charge >= 0.3 is 0 Å². The minimum atomic E-state index is -0.0602. The van der Waals surface area contributed by atoms with E-state index >= 15 is 0 Å². The highest BCUT2D eigenvalue weighted by atomic mass is 14.8. The lowest BCUT2D eigenvalue weighted by Gasteiger charge is -2.33. The van der Waals surface area contributed by atoms with Crippen LogP contribution in [0.4, 0.5) is 0 Å². The molecule has 0 aromatic heterocycles. The molecule has 0 aliphatic rings. The van der Waals surface area contributed by atoms with Crippen LogP contribution >= 0.6 is 0 Å². The molecule has 1 nitrogen and oxygen atoms in total. The summed E-state index contributed by atoms with van der Waals surface area (Å²) in [7, 11) is 1.97. The van der Waals surface area contributed by atoms with Crippen molar-refractivity contribution in [1.82, 2.24) is 5.32 Å². The van der Waals surface area contributed by atoms with Gasteiger partial charge in [0.2, 0.25) is 0 Å². The average molecular weight is 273 g/mol. The summed E-state index contributed by atoms with van der Waals surface area (Å²) >= 11 is 0. The second-order valence-corrected chi connectivity index (χ2v) is 5.15. The van der Waals surface area contributed by atoms with Gasteiger partial charge in [-0.3, -0.25) is 0 Å². The van der Waals surface area contributed by atoms with Gasteiger partial charge in [0.25, 0.3) is 0 Å². The van der Waals surface area contributed by atoms with Crippen LogP contribution < -0.4 is 5.32 Å². The molecule has 1 heteroatoms. The topological polar surface area (TPSA) is 12.0 Å². The van der Waals surface area contributed by atoms with E-state index in [4.69, 9.17) is 0 Å². The molecule has 0 saturated carbocycles. The molecule has 1 atom stereocenters. The van der Waals surface area contributed by atoms with Crippen LogP contribution in [0, 0.1) is 5.41 Å². The summed E-state index contributed by atoms with van der Waals surface area (Å²) < 4.78 is 0.